The van der Waals surface area contributed by atoms with Crippen LogP contribution in [0.15, 0.2) is 0 Å². The number of hydrogen-bond donors (Lipinski definition) is 2. The molecule has 0 aromatic rings. The Labute approximate surface area is 278 Å². The van der Waals surface area contributed by atoms with Gasteiger partial charge in [0.15, 0.2) is 0 Å². The van der Waals surface area contributed by atoms with Gasteiger partial charge in [-0.3, -0.25) is 13.8 Å². The minimum atomic E-state index is -4.26. The highest BCUT2D eigenvalue weighted by Gasteiger charge is 2.25. The summed E-state index contributed by atoms with van der Waals surface area (Å²) in [6, 6.07) is 0. The average molecular weight is 665 g/mol. The van der Waals surface area contributed by atoms with Crippen molar-refractivity contribution >= 4 is 13.8 Å². The van der Waals surface area contributed by atoms with Gasteiger partial charge in [-0.2, -0.15) is 0 Å². The number of phosphoric acid groups is 1. The summed E-state index contributed by atoms with van der Waals surface area (Å²) in [5.41, 5.74) is 0. The van der Waals surface area contributed by atoms with Crippen LogP contribution in [0, 0.1) is 0 Å². The molecule has 0 spiro atoms. The van der Waals surface area contributed by atoms with E-state index in [-0.39, 0.29) is 19.6 Å². The van der Waals surface area contributed by atoms with Crippen molar-refractivity contribution in [2.75, 3.05) is 47.5 Å². The molecule has 0 aliphatic rings. The molecule has 2 N–H and O–H groups in total. The fourth-order valence-corrected chi connectivity index (χ4v) is 6.16. The van der Waals surface area contributed by atoms with Gasteiger partial charge in [0.25, 0.3) is 0 Å². The van der Waals surface area contributed by atoms with E-state index in [1.165, 1.54) is 141 Å². The molecule has 1 unspecified atom stereocenters. The second kappa shape index (κ2) is 30.8. The lowest BCUT2D eigenvalue weighted by molar-refractivity contribution is -0.870. The van der Waals surface area contributed by atoms with E-state index >= 15 is 0 Å². The van der Waals surface area contributed by atoms with Crippen molar-refractivity contribution in [3.63, 3.8) is 0 Å². The number of likely N-dealkylation sites (N-methyl/N-ethyl adjacent to an activating group) is 1. The minimum Gasteiger partial charge on any atom is -0.457 e. The maximum Gasteiger partial charge on any atom is 0.472 e. The van der Waals surface area contributed by atoms with Gasteiger partial charge in [-0.25, -0.2) is 4.57 Å². The Balaban J connectivity index is 3.45. The fourth-order valence-electron chi connectivity index (χ4n) is 5.42. The zero-order chi connectivity index (χ0) is 33.5. The summed E-state index contributed by atoms with van der Waals surface area (Å²) in [7, 11) is 1.56. The van der Waals surface area contributed by atoms with E-state index in [1.54, 1.807) is 0 Å². The number of aliphatic hydroxyl groups is 1. The summed E-state index contributed by atoms with van der Waals surface area (Å²) < 4.78 is 27.6. The van der Waals surface area contributed by atoms with Crippen LogP contribution in [0.5, 0.6) is 0 Å². The van der Waals surface area contributed by atoms with Gasteiger partial charge in [0, 0.05) is 6.42 Å². The first-order chi connectivity index (χ1) is 21.6. The van der Waals surface area contributed by atoms with Crippen molar-refractivity contribution < 1.29 is 37.6 Å². The van der Waals surface area contributed by atoms with Crippen LogP contribution in [0.2, 0.25) is 0 Å². The van der Waals surface area contributed by atoms with Crippen LogP contribution in [0.3, 0.4) is 0 Å². The lowest BCUT2D eigenvalue weighted by atomic mass is 10.0. The molecular weight excluding hydrogens is 589 g/mol. The molecule has 0 heterocycles. The number of esters is 1. The predicted octanol–water partition coefficient (Wildman–Crippen LogP) is 9.89. The van der Waals surface area contributed by atoms with Gasteiger partial charge in [-0.05, 0) is 6.42 Å². The SMILES string of the molecule is CCCCCCCCCCCCCCCCCCCCCCCCCCCC(=O)O[C@H](CO)COP(=O)(O)OCC[N+](C)(C)C. The van der Waals surface area contributed by atoms with Gasteiger partial charge in [-0.15, -0.1) is 0 Å². The number of quaternary nitrogens is 1. The van der Waals surface area contributed by atoms with Crippen molar-refractivity contribution in [3.05, 3.63) is 0 Å². The molecular formula is C36H75NO7P+. The normalized spacial score (nSPS) is 14.0. The Morgan fingerprint density at radius 3 is 1.31 bits per heavy atom. The van der Waals surface area contributed by atoms with Crippen molar-refractivity contribution in [1.29, 1.82) is 0 Å². The van der Waals surface area contributed by atoms with E-state index in [9.17, 15) is 19.4 Å². The molecule has 0 saturated carbocycles. The number of ether oxygens (including phenoxy) is 1. The van der Waals surface area contributed by atoms with Crippen LogP contribution in [0.4, 0.5) is 0 Å². The lowest BCUT2D eigenvalue weighted by Crippen LogP contribution is -2.37. The molecule has 2 atom stereocenters. The van der Waals surface area contributed by atoms with Gasteiger partial charge in [-0.1, -0.05) is 161 Å². The second-order valence-corrected chi connectivity index (χ2v) is 15.6. The second-order valence-electron chi connectivity index (χ2n) is 14.1. The Kier molecular flexibility index (Phi) is 30.5. The summed E-state index contributed by atoms with van der Waals surface area (Å²) in [6.45, 7) is 2.01. The first kappa shape index (κ1) is 44.5. The number of carbonyl (C=O) groups excluding carboxylic acids is 1. The quantitative estimate of drug-likeness (QED) is 0.0301. The number of rotatable bonds is 35. The van der Waals surface area contributed by atoms with Crippen LogP contribution in [-0.4, -0.2) is 74.1 Å². The largest absolute Gasteiger partial charge is 0.472 e. The summed E-state index contributed by atoms with van der Waals surface area (Å²) >= 11 is 0. The fraction of sp³-hybridized carbons (Fsp3) is 0.972. The van der Waals surface area contributed by atoms with Crippen LogP contribution >= 0.6 is 7.82 Å². The Hall–Kier alpha value is -0.500. The first-order valence-electron chi connectivity index (χ1n) is 18.8. The molecule has 0 saturated heterocycles. The highest BCUT2D eigenvalue weighted by Crippen LogP contribution is 2.43. The van der Waals surface area contributed by atoms with E-state index in [0.29, 0.717) is 11.0 Å². The van der Waals surface area contributed by atoms with Gasteiger partial charge < -0.3 is 19.2 Å². The molecule has 0 aromatic heterocycles. The van der Waals surface area contributed by atoms with Crippen LogP contribution in [-0.2, 0) is 23.1 Å². The van der Waals surface area contributed by atoms with E-state index in [1.807, 2.05) is 21.1 Å². The third kappa shape index (κ3) is 34.6. The number of hydrogen-bond acceptors (Lipinski definition) is 6. The van der Waals surface area contributed by atoms with E-state index in [4.69, 9.17) is 13.8 Å². The maximum absolute atomic E-state index is 12.1. The highest BCUT2D eigenvalue weighted by atomic mass is 31.2. The molecule has 0 rings (SSSR count). The van der Waals surface area contributed by atoms with Gasteiger partial charge in [0.2, 0.25) is 0 Å². The van der Waals surface area contributed by atoms with E-state index < -0.39 is 26.5 Å². The molecule has 0 aromatic carbocycles. The molecule has 8 nitrogen and oxygen atoms in total. The summed E-state index contributed by atoms with van der Waals surface area (Å²) in [5.74, 6) is -0.426. The third-order valence-corrected chi connectivity index (χ3v) is 9.41. The summed E-state index contributed by atoms with van der Waals surface area (Å²) in [5, 5.41) is 9.45. The number of phosphoric ester groups is 1. The topological polar surface area (TPSA) is 102 Å². The molecule has 0 fully saturated rings. The van der Waals surface area contributed by atoms with Crippen LogP contribution in [0.1, 0.15) is 174 Å². The van der Waals surface area contributed by atoms with Crippen LogP contribution < -0.4 is 0 Å². The standard InChI is InChI=1S/C36H74NO7P/c1-5-6-7-8-9-10-11-12-13-14-15-16-17-18-19-20-21-22-23-24-25-26-27-28-29-30-36(39)44-35(33-38)34-43-45(40,41)42-32-31-37(2,3)4/h35,38H,5-34H2,1-4H3/p+1/t35-/m1/s1. The zero-order valence-electron chi connectivity index (χ0n) is 30.1. The van der Waals surface area contributed by atoms with Crippen molar-refractivity contribution in [2.24, 2.45) is 0 Å². The van der Waals surface area contributed by atoms with Gasteiger partial charge in [0.05, 0.1) is 34.4 Å². The lowest BCUT2D eigenvalue weighted by Gasteiger charge is -2.24. The number of nitrogens with zero attached hydrogens (tertiary/aromatic N) is 1. The first-order valence-corrected chi connectivity index (χ1v) is 20.3. The van der Waals surface area contributed by atoms with Gasteiger partial charge in [0.1, 0.15) is 19.3 Å². The van der Waals surface area contributed by atoms with Crippen molar-refractivity contribution in [1.82, 2.24) is 0 Å². The minimum absolute atomic E-state index is 0.0560. The summed E-state index contributed by atoms with van der Waals surface area (Å²) in [4.78, 5) is 21.9. The smallest absolute Gasteiger partial charge is 0.457 e. The predicted molar refractivity (Wildman–Crippen MR) is 187 cm³/mol. The Morgan fingerprint density at radius 1 is 0.622 bits per heavy atom. The molecule has 45 heavy (non-hydrogen) atoms. The van der Waals surface area contributed by atoms with Crippen molar-refractivity contribution in [2.45, 2.75) is 180 Å². The van der Waals surface area contributed by atoms with E-state index in [0.717, 1.165) is 19.3 Å². The molecule has 9 heteroatoms. The molecule has 0 radical (unpaired) electrons. The van der Waals surface area contributed by atoms with Crippen molar-refractivity contribution in [3.8, 4) is 0 Å². The maximum atomic E-state index is 12.1. The monoisotopic (exact) mass is 665 g/mol. The Morgan fingerprint density at radius 2 is 0.978 bits per heavy atom. The summed E-state index contributed by atoms with van der Waals surface area (Å²) in [6.07, 6.45) is 32.7. The third-order valence-electron chi connectivity index (χ3n) is 8.43. The zero-order valence-corrected chi connectivity index (χ0v) is 31.0. The van der Waals surface area contributed by atoms with E-state index in [2.05, 4.69) is 6.92 Å². The number of carbonyl (C=O) groups is 1. The average Bonchev–Trinajstić information content (AvgIpc) is 2.98. The number of aliphatic hydroxyl groups excluding tert-OH is 1. The molecule has 270 valence electrons. The highest BCUT2D eigenvalue weighted by molar-refractivity contribution is 7.47. The Bertz CT molecular complexity index is 701. The molecule has 0 aliphatic carbocycles. The molecule has 0 bridgehead atoms. The molecule has 0 amide bonds. The van der Waals surface area contributed by atoms with Crippen LogP contribution in [0.25, 0.3) is 0 Å². The number of unbranched alkanes of at least 4 members (excludes halogenated alkanes) is 24. The van der Waals surface area contributed by atoms with Gasteiger partial charge >= 0.3 is 13.8 Å². The molecule has 0 aliphatic heterocycles.